The second kappa shape index (κ2) is 8.60. The van der Waals surface area contributed by atoms with Gasteiger partial charge in [0.15, 0.2) is 0 Å². The smallest absolute Gasteiger partial charge is 0.378 e. The number of carbonyl (C=O) groups excluding carboxylic acids is 1. The predicted molar refractivity (Wildman–Crippen MR) is 101 cm³/mol. The molecule has 1 aromatic carbocycles. The minimum Gasteiger partial charge on any atom is -0.378 e. The summed E-state index contributed by atoms with van der Waals surface area (Å²) in [7, 11) is 0. The fourth-order valence-corrected chi connectivity index (χ4v) is 3.12. The third-order valence-electron chi connectivity index (χ3n) is 4.60. The van der Waals surface area contributed by atoms with E-state index in [-0.39, 0.29) is 11.1 Å². The van der Waals surface area contributed by atoms with Crippen LogP contribution in [0.2, 0.25) is 0 Å². The average Bonchev–Trinajstić information content (AvgIpc) is 2.77. The number of aliphatic hydroxyl groups excluding tert-OH is 1. The lowest BCUT2D eigenvalue weighted by Gasteiger charge is -2.38. The van der Waals surface area contributed by atoms with Gasteiger partial charge >= 0.3 is 6.18 Å². The number of benzene rings is 1. The van der Waals surface area contributed by atoms with Crippen molar-refractivity contribution in [3.05, 3.63) is 96.1 Å². The highest BCUT2D eigenvalue weighted by atomic mass is 19.4. The summed E-state index contributed by atoms with van der Waals surface area (Å²) >= 11 is 0. The van der Waals surface area contributed by atoms with Gasteiger partial charge in [-0.25, -0.2) is 0 Å². The number of hydrogen-bond donors (Lipinski definition) is 3. The maximum atomic E-state index is 12.9. The number of carbonyl (C=O) groups is 1. The number of pyridine rings is 2. The lowest BCUT2D eigenvalue weighted by molar-refractivity contribution is -0.206. The van der Waals surface area contributed by atoms with Crippen LogP contribution >= 0.6 is 0 Å². The molecule has 0 aliphatic heterocycles. The van der Waals surface area contributed by atoms with Crippen molar-refractivity contribution in [1.29, 1.82) is 0 Å². The van der Waals surface area contributed by atoms with E-state index in [0.717, 1.165) is 0 Å². The number of aromatic nitrogens is 2. The number of rotatable bonds is 6. The number of aliphatic hydroxyl groups is 2. The Balaban J connectivity index is 2.17. The topological polar surface area (TPSA) is 95.3 Å². The van der Waals surface area contributed by atoms with Crippen LogP contribution in [0.15, 0.2) is 79.4 Å². The first-order valence-corrected chi connectivity index (χ1v) is 8.88. The summed E-state index contributed by atoms with van der Waals surface area (Å²) in [5.41, 5.74) is -1.29. The molecule has 0 radical (unpaired) electrons. The van der Waals surface area contributed by atoms with Crippen molar-refractivity contribution < 1.29 is 28.2 Å². The molecule has 0 spiro atoms. The summed E-state index contributed by atoms with van der Waals surface area (Å²) in [5, 5.41) is 23.4. The molecule has 9 heteroatoms. The maximum Gasteiger partial charge on any atom is 0.423 e. The van der Waals surface area contributed by atoms with E-state index in [1.165, 1.54) is 36.9 Å². The van der Waals surface area contributed by atoms with Crippen molar-refractivity contribution in [2.45, 2.75) is 23.9 Å². The molecule has 0 aliphatic carbocycles. The molecule has 3 rings (SSSR count). The van der Waals surface area contributed by atoms with E-state index in [9.17, 15) is 28.2 Å². The van der Waals surface area contributed by atoms with E-state index in [1.54, 1.807) is 42.5 Å². The van der Waals surface area contributed by atoms with Crippen molar-refractivity contribution in [2.24, 2.45) is 0 Å². The normalized spacial score (nSPS) is 14.0. The van der Waals surface area contributed by atoms with Gasteiger partial charge in [-0.3, -0.25) is 14.8 Å². The number of nitrogens with one attached hydrogen (secondary N) is 1. The highest BCUT2D eigenvalue weighted by Gasteiger charge is 2.48. The summed E-state index contributed by atoms with van der Waals surface area (Å²) in [5.74, 6) is -1.69. The molecule has 1 amide bonds. The highest BCUT2D eigenvalue weighted by molar-refractivity contribution is 5.82. The second-order valence-corrected chi connectivity index (χ2v) is 6.55. The first-order valence-electron chi connectivity index (χ1n) is 8.88. The second-order valence-electron chi connectivity index (χ2n) is 6.55. The molecule has 2 heterocycles. The number of nitrogens with zero attached hydrogens (tertiary/aromatic N) is 2. The largest absolute Gasteiger partial charge is 0.423 e. The van der Waals surface area contributed by atoms with Gasteiger partial charge in [0.2, 0.25) is 6.10 Å². The number of halogens is 3. The van der Waals surface area contributed by atoms with Crippen LogP contribution in [-0.2, 0) is 10.4 Å². The van der Waals surface area contributed by atoms with Crippen molar-refractivity contribution in [3.8, 4) is 0 Å². The first-order chi connectivity index (χ1) is 14.2. The summed E-state index contributed by atoms with van der Waals surface area (Å²) in [6.45, 7) is 0. The van der Waals surface area contributed by atoms with Crippen LogP contribution in [0, 0.1) is 0 Å². The standard InChI is InChI=1S/C21H18F3N3O3/c22-21(23,24)18(28)19(29)27-17(14-6-2-1-3-7-14)20(30,15-8-4-10-25-12-15)16-9-5-11-26-13-16/h1-13,17-18,28,30H,(H,27,29)/t17-,18?/m1/s1. The van der Waals surface area contributed by atoms with Gasteiger partial charge in [0.1, 0.15) is 5.60 Å². The van der Waals surface area contributed by atoms with Gasteiger partial charge in [0.05, 0.1) is 6.04 Å². The molecule has 2 aromatic heterocycles. The van der Waals surface area contributed by atoms with E-state index in [4.69, 9.17) is 0 Å². The average molecular weight is 417 g/mol. The van der Waals surface area contributed by atoms with Crippen LogP contribution in [0.5, 0.6) is 0 Å². The summed E-state index contributed by atoms with van der Waals surface area (Å²) in [6, 6.07) is 12.8. The zero-order valence-electron chi connectivity index (χ0n) is 15.5. The minimum absolute atomic E-state index is 0.216. The fraction of sp³-hybridized carbons (Fsp3) is 0.190. The van der Waals surface area contributed by atoms with Crippen LogP contribution < -0.4 is 5.32 Å². The SMILES string of the molecule is O=C(N[C@H](c1ccccc1)C(O)(c1cccnc1)c1cccnc1)C(O)C(F)(F)F. The molecule has 1 unspecified atom stereocenters. The van der Waals surface area contributed by atoms with Crippen LogP contribution in [0.3, 0.4) is 0 Å². The van der Waals surface area contributed by atoms with Gasteiger partial charge in [0.25, 0.3) is 5.91 Å². The van der Waals surface area contributed by atoms with E-state index in [0.29, 0.717) is 5.56 Å². The number of hydrogen-bond acceptors (Lipinski definition) is 5. The van der Waals surface area contributed by atoms with Crippen LogP contribution in [-0.4, -0.2) is 38.4 Å². The van der Waals surface area contributed by atoms with E-state index in [2.05, 4.69) is 15.3 Å². The highest BCUT2D eigenvalue weighted by Crippen LogP contribution is 2.41. The van der Waals surface area contributed by atoms with Gasteiger partial charge in [-0.1, -0.05) is 42.5 Å². The minimum atomic E-state index is -5.16. The fourth-order valence-electron chi connectivity index (χ4n) is 3.12. The molecular formula is C21H18F3N3O3. The predicted octanol–water partition coefficient (Wildman–Crippen LogP) is 2.49. The summed E-state index contributed by atoms with van der Waals surface area (Å²) in [4.78, 5) is 20.2. The van der Waals surface area contributed by atoms with Crippen molar-refractivity contribution in [1.82, 2.24) is 15.3 Å². The van der Waals surface area contributed by atoms with Crippen molar-refractivity contribution in [2.75, 3.05) is 0 Å². The summed E-state index contributed by atoms with van der Waals surface area (Å²) < 4.78 is 38.7. The van der Waals surface area contributed by atoms with E-state index >= 15 is 0 Å². The Morgan fingerprint density at radius 1 is 0.900 bits per heavy atom. The Hall–Kier alpha value is -3.30. The monoisotopic (exact) mass is 417 g/mol. The quantitative estimate of drug-likeness (QED) is 0.573. The van der Waals surface area contributed by atoms with Crippen LogP contribution in [0.4, 0.5) is 13.2 Å². The molecule has 0 bridgehead atoms. The molecule has 0 aliphatic rings. The Bertz CT molecular complexity index is 931. The van der Waals surface area contributed by atoms with Crippen LogP contribution in [0.1, 0.15) is 22.7 Å². The Morgan fingerprint density at radius 3 is 1.87 bits per heavy atom. The van der Waals surface area contributed by atoms with E-state index < -0.39 is 29.8 Å². The molecule has 6 nitrogen and oxygen atoms in total. The summed E-state index contributed by atoms with van der Waals surface area (Å²) in [6.07, 6.45) is -2.79. The van der Waals surface area contributed by atoms with Crippen LogP contribution in [0.25, 0.3) is 0 Å². The molecule has 0 fully saturated rings. The lowest BCUT2D eigenvalue weighted by Crippen LogP contribution is -2.51. The third-order valence-corrected chi connectivity index (χ3v) is 4.60. The van der Waals surface area contributed by atoms with Crippen molar-refractivity contribution in [3.63, 3.8) is 0 Å². The molecule has 3 N–H and O–H groups in total. The molecule has 30 heavy (non-hydrogen) atoms. The molecule has 156 valence electrons. The molecular weight excluding hydrogens is 399 g/mol. The lowest BCUT2D eigenvalue weighted by atomic mass is 9.78. The molecule has 0 saturated carbocycles. The van der Waals surface area contributed by atoms with Crippen molar-refractivity contribution >= 4 is 5.91 Å². The molecule has 3 aromatic rings. The Labute approximate surface area is 170 Å². The van der Waals surface area contributed by atoms with E-state index in [1.807, 2.05) is 0 Å². The number of amides is 1. The number of alkyl halides is 3. The first kappa shape index (κ1) is 21.4. The van der Waals surface area contributed by atoms with Gasteiger partial charge in [-0.15, -0.1) is 0 Å². The Kier molecular flexibility index (Phi) is 6.14. The Morgan fingerprint density at radius 2 is 1.43 bits per heavy atom. The third kappa shape index (κ3) is 4.32. The molecule has 2 atom stereocenters. The zero-order chi connectivity index (χ0) is 21.8. The van der Waals surface area contributed by atoms with Gasteiger partial charge < -0.3 is 15.5 Å². The van der Waals surface area contributed by atoms with Gasteiger partial charge in [-0.2, -0.15) is 13.2 Å². The maximum absolute atomic E-state index is 12.9. The zero-order valence-corrected chi connectivity index (χ0v) is 15.5. The van der Waals surface area contributed by atoms with Gasteiger partial charge in [0, 0.05) is 35.9 Å². The van der Waals surface area contributed by atoms with Gasteiger partial charge in [-0.05, 0) is 17.7 Å². The molecule has 0 saturated heterocycles.